The van der Waals surface area contributed by atoms with Gasteiger partial charge in [0.1, 0.15) is 0 Å². The van der Waals surface area contributed by atoms with Crippen LogP contribution in [-0.2, 0) is 4.74 Å². The second-order valence-electron chi connectivity index (χ2n) is 6.91. The molecule has 1 aromatic carbocycles. The lowest BCUT2D eigenvalue weighted by molar-refractivity contribution is 0.0914. The predicted octanol–water partition coefficient (Wildman–Crippen LogP) is 2.84. The molecule has 2 unspecified atom stereocenters. The maximum Gasteiger partial charge on any atom is 0.0473 e. The van der Waals surface area contributed by atoms with E-state index in [2.05, 4.69) is 47.5 Å². The summed E-state index contributed by atoms with van der Waals surface area (Å²) in [7, 11) is 1.82. The Morgan fingerprint density at radius 2 is 2.05 bits per heavy atom. The zero-order valence-electron chi connectivity index (χ0n) is 13.3. The van der Waals surface area contributed by atoms with E-state index in [1.54, 1.807) is 0 Å². The topological polar surface area (TPSA) is 24.5 Å². The second-order valence-corrected chi connectivity index (χ2v) is 6.91. The first kappa shape index (κ1) is 15.0. The second kappa shape index (κ2) is 6.47. The van der Waals surface area contributed by atoms with Crippen molar-refractivity contribution in [2.75, 3.05) is 33.4 Å². The van der Waals surface area contributed by atoms with E-state index < -0.39 is 0 Å². The molecular formula is C18H28N2O. The number of benzene rings is 1. The van der Waals surface area contributed by atoms with Gasteiger partial charge in [0.15, 0.2) is 0 Å². The molecule has 0 spiro atoms. The number of nitrogens with one attached hydrogen (secondary N) is 1. The van der Waals surface area contributed by atoms with Crippen molar-refractivity contribution in [3.8, 4) is 0 Å². The number of ether oxygens (including phenoxy) is 1. The van der Waals surface area contributed by atoms with Gasteiger partial charge in [-0.15, -0.1) is 0 Å². The Hall–Kier alpha value is -0.900. The molecular weight excluding hydrogens is 260 g/mol. The van der Waals surface area contributed by atoms with E-state index in [1.165, 1.54) is 31.4 Å². The van der Waals surface area contributed by atoms with Crippen LogP contribution in [0.2, 0.25) is 0 Å². The highest BCUT2D eigenvalue weighted by Crippen LogP contribution is 2.50. The standard InChI is InChI=1S/C18H28N2O/c1-15-13-20(14-18(8-9-18)10-11-21-2)17(12-19-15)16-6-4-3-5-7-16/h3-7,15,17,19H,8-14H2,1-2H3. The predicted molar refractivity (Wildman–Crippen MR) is 86.4 cm³/mol. The van der Waals surface area contributed by atoms with E-state index >= 15 is 0 Å². The molecule has 0 radical (unpaired) electrons. The van der Waals surface area contributed by atoms with Crippen LogP contribution in [0.3, 0.4) is 0 Å². The molecule has 0 aromatic heterocycles. The van der Waals surface area contributed by atoms with Crippen molar-refractivity contribution >= 4 is 0 Å². The van der Waals surface area contributed by atoms with Crippen LogP contribution >= 0.6 is 0 Å². The van der Waals surface area contributed by atoms with Gasteiger partial charge in [-0.1, -0.05) is 30.3 Å². The van der Waals surface area contributed by atoms with Gasteiger partial charge < -0.3 is 10.1 Å². The number of hydrogen-bond donors (Lipinski definition) is 1. The maximum absolute atomic E-state index is 5.31. The molecule has 21 heavy (non-hydrogen) atoms. The monoisotopic (exact) mass is 288 g/mol. The first-order chi connectivity index (χ1) is 10.2. The molecule has 3 rings (SSSR count). The van der Waals surface area contributed by atoms with E-state index in [1.807, 2.05) is 7.11 Å². The van der Waals surface area contributed by atoms with E-state index in [4.69, 9.17) is 4.74 Å². The minimum atomic E-state index is 0.516. The van der Waals surface area contributed by atoms with Crippen LogP contribution in [0, 0.1) is 5.41 Å². The summed E-state index contributed by atoms with van der Waals surface area (Å²) >= 11 is 0. The molecule has 1 aromatic rings. The summed E-state index contributed by atoms with van der Waals surface area (Å²) in [6, 6.07) is 12.1. The van der Waals surface area contributed by atoms with Crippen molar-refractivity contribution in [3.05, 3.63) is 35.9 Å². The zero-order valence-corrected chi connectivity index (χ0v) is 13.3. The SMILES string of the molecule is COCCC1(CN2CC(C)NCC2c2ccccc2)CC1. The minimum absolute atomic E-state index is 0.516. The summed E-state index contributed by atoms with van der Waals surface area (Å²) in [6.07, 6.45) is 3.95. The Bertz CT molecular complexity index is 444. The van der Waals surface area contributed by atoms with Crippen LogP contribution in [0.4, 0.5) is 0 Å². The molecule has 0 amide bonds. The van der Waals surface area contributed by atoms with Gasteiger partial charge in [0.05, 0.1) is 0 Å². The van der Waals surface area contributed by atoms with Gasteiger partial charge in [-0.2, -0.15) is 0 Å². The maximum atomic E-state index is 5.31. The van der Waals surface area contributed by atoms with Crippen LogP contribution < -0.4 is 5.32 Å². The Kier molecular flexibility index (Phi) is 4.63. The molecule has 0 bridgehead atoms. The number of methoxy groups -OCH3 is 1. The fourth-order valence-corrected chi connectivity index (χ4v) is 3.58. The van der Waals surface area contributed by atoms with Crippen molar-refractivity contribution in [1.82, 2.24) is 10.2 Å². The Labute approximate surface area is 128 Å². The fraction of sp³-hybridized carbons (Fsp3) is 0.667. The van der Waals surface area contributed by atoms with E-state index in [0.717, 1.165) is 19.7 Å². The van der Waals surface area contributed by atoms with E-state index in [-0.39, 0.29) is 0 Å². The molecule has 2 atom stereocenters. The van der Waals surface area contributed by atoms with Gasteiger partial charge in [0, 0.05) is 45.4 Å². The third-order valence-electron chi connectivity index (χ3n) is 5.13. The molecule has 1 N–H and O–H groups in total. The van der Waals surface area contributed by atoms with Crippen LogP contribution in [0.1, 0.15) is 37.8 Å². The molecule has 2 aliphatic rings. The average molecular weight is 288 g/mol. The molecule has 1 heterocycles. The van der Waals surface area contributed by atoms with Crippen LogP contribution in [-0.4, -0.2) is 44.3 Å². The van der Waals surface area contributed by atoms with Crippen molar-refractivity contribution in [2.24, 2.45) is 5.41 Å². The normalized spacial score (nSPS) is 28.5. The highest BCUT2D eigenvalue weighted by atomic mass is 16.5. The summed E-state index contributed by atoms with van der Waals surface area (Å²) < 4.78 is 5.31. The van der Waals surface area contributed by atoms with Gasteiger partial charge >= 0.3 is 0 Å². The number of hydrogen-bond acceptors (Lipinski definition) is 3. The Morgan fingerprint density at radius 1 is 1.29 bits per heavy atom. The van der Waals surface area contributed by atoms with Crippen molar-refractivity contribution in [1.29, 1.82) is 0 Å². The first-order valence-electron chi connectivity index (χ1n) is 8.24. The molecule has 3 nitrogen and oxygen atoms in total. The van der Waals surface area contributed by atoms with Gasteiger partial charge in [-0.3, -0.25) is 4.90 Å². The zero-order chi connectivity index (χ0) is 14.7. The fourth-order valence-electron chi connectivity index (χ4n) is 3.58. The number of nitrogens with zero attached hydrogens (tertiary/aromatic N) is 1. The number of piperazine rings is 1. The molecule has 1 saturated carbocycles. The first-order valence-corrected chi connectivity index (χ1v) is 8.24. The summed E-state index contributed by atoms with van der Waals surface area (Å²) in [4.78, 5) is 2.71. The van der Waals surface area contributed by atoms with E-state index in [0.29, 0.717) is 17.5 Å². The third-order valence-corrected chi connectivity index (χ3v) is 5.13. The lowest BCUT2D eigenvalue weighted by Gasteiger charge is -2.41. The summed E-state index contributed by atoms with van der Waals surface area (Å²) in [6.45, 7) is 6.63. The smallest absolute Gasteiger partial charge is 0.0473 e. The van der Waals surface area contributed by atoms with Crippen molar-refractivity contribution < 1.29 is 4.74 Å². The highest BCUT2D eigenvalue weighted by Gasteiger charge is 2.45. The third kappa shape index (κ3) is 3.65. The Balaban J connectivity index is 1.70. The summed E-state index contributed by atoms with van der Waals surface area (Å²) in [5.74, 6) is 0. The molecule has 3 heteroatoms. The quantitative estimate of drug-likeness (QED) is 0.871. The van der Waals surface area contributed by atoms with Crippen molar-refractivity contribution in [2.45, 2.75) is 38.3 Å². The van der Waals surface area contributed by atoms with E-state index in [9.17, 15) is 0 Å². The van der Waals surface area contributed by atoms with Crippen molar-refractivity contribution in [3.63, 3.8) is 0 Å². The average Bonchev–Trinajstić information content (AvgIpc) is 3.26. The van der Waals surface area contributed by atoms with Crippen LogP contribution in [0.5, 0.6) is 0 Å². The molecule has 1 aliphatic carbocycles. The van der Waals surface area contributed by atoms with Gasteiger partial charge in [0.25, 0.3) is 0 Å². The molecule has 1 saturated heterocycles. The molecule has 2 fully saturated rings. The van der Waals surface area contributed by atoms with Crippen LogP contribution in [0.15, 0.2) is 30.3 Å². The number of rotatable bonds is 6. The van der Waals surface area contributed by atoms with Gasteiger partial charge in [-0.25, -0.2) is 0 Å². The minimum Gasteiger partial charge on any atom is -0.385 e. The summed E-state index contributed by atoms with van der Waals surface area (Å²) in [5.41, 5.74) is 1.97. The summed E-state index contributed by atoms with van der Waals surface area (Å²) in [5, 5.41) is 3.64. The molecule has 116 valence electrons. The lowest BCUT2D eigenvalue weighted by Crippen LogP contribution is -2.52. The highest BCUT2D eigenvalue weighted by molar-refractivity contribution is 5.20. The Morgan fingerprint density at radius 3 is 2.71 bits per heavy atom. The van der Waals surface area contributed by atoms with Gasteiger partial charge in [-0.05, 0) is 37.2 Å². The van der Waals surface area contributed by atoms with Gasteiger partial charge in [0.2, 0.25) is 0 Å². The molecule has 1 aliphatic heterocycles. The van der Waals surface area contributed by atoms with Crippen LogP contribution in [0.25, 0.3) is 0 Å². The largest absolute Gasteiger partial charge is 0.385 e. The lowest BCUT2D eigenvalue weighted by atomic mass is 9.96.